The van der Waals surface area contributed by atoms with Crippen molar-refractivity contribution in [1.29, 1.82) is 0 Å². The third-order valence-corrected chi connectivity index (χ3v) is 3.70. The summed E-state index contributed by atoms with van der Waals surface area (Å²) in [6.07, 6.45) is 4.49. The summed E-state index contributed by atoms with van der Waals surface area (Å²) in [4.78, 5) is 28.7. The molecule has 0 aromatic carbocycles. The summed E-state index contributed by atoms with van der Waals surface area (Å²) in [5.74, 6) is 0. The van der Waals surface area contributed by atoms with E-state index in [1.165, 1.54) is 9.13 Å². The van der Waals surface area contributed by atoms with Crippen LogP contribution in [0.4, 0.5) is 0 Å². The molecule has 0 spiro atoms. The Labute approximate surface area is 122 Å². The number of imidazole rings is 1. The second-order valence-electron chi connectivity index (χ2n) is 5.52. The summed E-state index contributed by atoms with van der Waals surface area (Å²) in [5, 5.41) is 9.20. The van der Waals surface area contributed by atoms with E-state index in [1.54, 1.807) is 31.9 Å². The van der Waals surface area contributed by atoms with Gasteiger partial charge in [-0.3, -0.25) is 13.9 Å². The standard InChI is InChI=1S/C14H22N4O3/c1-10(19)7-5-4-6-8-18-13(20)11-12(15-9-16(11)2)17(3)14(18)21/h9-10,19H,4-8H2,1-3H3/t10-/m1/s1. The average molecular weight is 294 g/mol. The number of rotatable bonds is 6. The maximum Gasteiger partial charge on any atom is 0.332 e. The van der Waals surface area contributed by atoms with Gasteiger partial charge < -0.3 is 9.67 Å². The van der Waals surface area contributed by atoms with Crippen molar-refractivity contribution in [3.63, 3.8) is 0 Å². The average Bonchev–Trinajstić information content (AvgIpc) is 2.81. The minimum Gasteiger partial charge on any atom is -0.393 e. The molecule has 2 aromatic rings. The van der Waals surface area contributed by atoms with Crippen molar-refractivity contribution in [3.8, 4) is 0 Å². The van der Waals surface area contributed by atoms with Crippen molar-refractivity contribution < 1.29 is 5.11 Å². The number of nitrogens with zero attached hydrogens (tertiary/aromatic N) is 4. The Kier molecular flexibility index (Phi) is 4.62. The Morgan fingerprint density at radius 1 is 1.24 bits per heavy atom. The number of fused-ring (bicyclic) bond motifs is 1. The maximum atomic E-state index is 12.4. The molecule has 0 saturated heterocycles. The Morgan fingerprint density at radius 3 is 2.62 bits per heavy atom. The number of aliphatic hydroxyl groups is 1. The van der Waals surface area contributed by atoms with E-state index in [4.69, 9.17) is 0 Å². The molecule has 0 fully saturated rings. The second kappa shape index (κ2) is 6.26. The Balaban J connectivity index is 2.22. The molecule has 21 heavy (non-hydrogen) atoms. The zero-order valence-electron chi connectivity index (χ0n) is 12.7. The Bertz CT molecular complexity index is 739. The maximum absolute atomic E-state index is 12.4. The molecule has 7 nitrogen and oxygen atoms in total. The van der Waals surface area contributed by atoms with E-state index in [9.17, 15) is 14.7 Å². The third kappa shape index (κ3) is 3.07. The van der Waals surface area contributed by atoms with Crippen LogP contribution in [-0.2, 0) is 20.6 Å². The van der Waals surface area contributed by atoms with Gasteiger partial charge in [-0.15, -0.1) is 0 Å². The zero-order valence-corrected chi connectivity index (χ0v) is 12.7. The largest absolute Gasteiger partial charge is 0.393 e. The highest BCUT2D eigenvalue weighted by molar-refractivity contribution is 5.69. The van der Waals surface area contributed by atoms with E-state index in [2.05, 4.69) is 4.98 Å². The quantitative estimate of drug-likeness (QED) is 0.781. The van der Waals surface area contributed by atoms with Crippen molar-refractivity contribution in [2.45, 2.75) is 45.3 Å². The van der Waals surface area contributed by atoms with Crippen LogP contribution in [-0.4, -0.2) is 29.9 Å². The van der Waals surface area contributed by atoms with Gasteiger partial charge in [0.2, 0.25) is 0 Å². The molecule has 0 aliphatic carbocycles. The molecule has 2 heterocycles. The number of hydrogen-bond donors (Lipinski definition) is 1. The smallest absolute Gasteiger partial charge is 0.332 e. The highest BCUT2D eigenvalue weighted by atomic mass is 16.3. The van der Waals surface area contributed by atoms with Gasteiger partial charge in [-0.2, -0.15) is 0 Å². The predicted octanol–water partition coefficient (Wildman–Crippen LogP) is 0.375. The van der Waals surface area contributed by atoms with Crippen LogP contribution >= 0.6 is 0 Å². The Morgan fingerprint density at radius 2 is 1.95 bits per heavy atom. The first-order valence-electron chi connectivity index (χ1n) is 7.22. The van der Waals surface area contributed by atoms with Crippen molar-refractivity contribution in [1.82, 2.24) is 18.7 Å². The van der Waals surface area contributed by atoms with Crippen molar-refractivity contribution in [2.24, 2.45) is 14.1 Å². The van der Waals surface area contributed by atoms with E-state index in [0.29, 0.717) is 17.7 Å². The summed E-state index contributed by atoms with van der Waals surface area (Å²) < 4.78 is 4.32. The number of aliphatic hydroxyl groups excluding tert-OH is 1. The monoisotopic (exact) mass is 294 g/mol. The molecule has 2 rings (SSSR count). The summed E-state index contributed by atoms with van der Waals surface area (Å²) in [7, 11) is 3.37. The van der Waals surface area contributed by atoms with E-state index >= 15 is 0 Å². The van der Waals surface area contributed by atoms with E-state index in [1.807, 2.05) is 0 Å². The minimum absolute atomic E-state index is 0.288. The molecule has 0 aliphatic heterocycles. The lowest BCUT2D eigenvalue weighted by Crippen LogP contribution is -2.39. The van der Waals surface area contributed by atoms with Crippen LogP contribution < -0.4 is 11.2 Å². The molecule has 116 valence electrons. The molecular weight excluding hydrogens is 272 g/mol. The molecule has 2 aromatic heterocycles. The SMILES string of the molecule is C[C@@H](O)CCCCCn1c(=O)c2c(ncn2C)n(C)c1=O. The summed E-state index contributed by atoms with van der Waals surface area (Å²) in [6, 6.07) is 0. The van der Waals surface area contributed by atoms with Gasteiger partial charge in [0.15, 0.2) is 11.2 Å². The molecule has 0 radical (unpaired) electrons. The summed E-state index contributed by atoms with van der Waals surface area (Å²) in [6.45, 7) is 2.16. The van der Waals surface area contributed by atoms with Crippen LogP contribution in [0.25, 0.3) is 11.2 Å². The van der Waals surface area contributed by atoms with Crippen LogP contribution in [0.2, 0.25) is 0 Å². The van der Waals surface area contributed by atoms with Crippen LogP contribution in [0.3, 0.4) is 0 Å². The van der Waals surface area contributed by atoms with Gasteiger partial charge in [-0.25, -0.2) is 9.78 Å². The lowest BCUT2D eigenvalue weighted by Gasteiger charge is -2.09. The first-order valence-corrected chi connectivity index (χ1v) is 7.22. The highest BCUT2D eigenvalue weighted by Gasteiger charge is 2.14. The van der Waals surface area contributed by atoms with Crippen molar-refractivity contribution in [2.75, 3.05) is 0 Å². The first kappa shape index (κ1) is 15.5. The van der Waals surface area contributed by atoms with E-state index in [-0.39, 0.29) is 17.4 Å². The topological polar surface area (TPSA) is 82.1 Å². The third-order valence-electron chi connectivity index (χ3n) is 3.70. The fourth-order valence-electron chi connectivity index (χ4n) is 2.48. The van der Waals surface area contributed by atoms with E-state index < -0.39 is 0 Å². The van der Waals surface area contributed by atoms with Crippen LogP contribution in [0.15, 0.2) is 15.9 Å². The van der Waals surface area contributed by atoms with Gasteiger partial charge in [-0.1, -0.05) is 12.8 Å². The molecule has 1 N–H and O–H groups in total. The summed E-state index contributed by atoms with van der Waals surface area (Å²) in [5.41, 5.74) is 0.240. The number of unbranched alkanes of at least 4 members (excludes halogenated alkanes) is 2. The normalized spacial score (nSPS) is 13.0. The predicted molar refractivity (Wildman–Crippen MR) is 80.4 cm³/mol. The Hall–Kier alpha value is -1.89. The first-order chi connectivity index (χ1) is 9.93. The summed E-state index contributed by atoms with van der Waals surface area (Å²) >= 11 is 0. The molecule has 7 heteroatoms. The van der Waals surface area contributed by atoms with Gasteiger partial charge in [0.05, 0.1) is 12.4 Å². The number of hydrogen-bond acceptors (Lipinski definition) is 4. The van der Waals surface area contributed by atoms with Crippen molar-refractivity contribution in [3.05, 3.63) is 27.2 Å². The molecule has 0 aliphatic rings. The van der Waals surface area contributed by atoms with Gasteiger partial charge in [-0.05, 0) is 19.8 Å². The lowest BCUT2D eigenvalue weighted by atomic mass is 10.1. The molecule has 1 atom stereocenters. The molecule has 0 amide bonds. The lowest BCUT2D eigenvalue weighted by molar-refractivity contribution is 0.180. The molecule has 0 saturated carbocycles. The van der Waals surface area contributed by atoms with Gasteiger partial charge in [0.25, 0.3) is 5.56 Å². The number of aromatic nitrogens is 4. The second-order valence-corrected chi connectivity index (χ2v) is 5.52. The van der Waals surface area contributed by atoms with E-state index in [0.717, 1.165) is 25.7 Å². The van der Waals surface area contributed by atoms with Crippen LogP contribution in [0.5, 0.6) is 0 Å². The highest BCUT2D eigenvalue weighted by Crippen LogP contribution is 2.06. The zero-order chi connectivity index (χ0) is 15.6. The van der Waals surface area contributed by atoms with Gasteiger partial charge in [0.1, 0.15) is 0 Å². The van der Waals surface area contributed by atoms with Crippen LogP contribution in [0, 0.1) is 0 Å². The molecular formula is C14H22N4O3. The minimum atomic E-state index is -0.332. The molecule has 0 bridgehead atoms. The van der Waals surface area contributed by atoms with Gasteiger partial charge >= 0.3 is 5.69 Å². The fourth-order valence-corrected chi connectivity index (χ4v) is 2.48. The van der Waals surface area contributed by atoms with Gasteiger partial charge in [0, 0.05) is 20.6 Å². The number of aryl methyl sites for hydroxylation is 2. The fraction of sp³-hybridized carbons (Fsp3) is 0.643. The van der Waals surface area contributed by atoms with Crippen molar-refractivity contribution >= 4 is 11.2 Å². The molecule has 0 unspecified atom stereocenters. The van der Waals surface area contributed by atoms with Crippen LogP contribution in [0.1, 0.15) is 32.6 Å².